The minimum absolute atomic E-state index is 0.0477. The third-order valence-corrected chi connectivity index (χ3v) is 3.25. The standard InChI is InChI=1S/C10H7F2IN2O2/c1-17-7(16)2-6-8(13)5(3-14)4-15-9(6)10(11)12/h4,10H,2H2,1H3. The monoisotopic (exact) mass is 352 g/mol. The number of methoxy groups -OCH3 is 1. The highest BCUT2D eigenvalue weighted by Gasteiger charge is 2.21. The highest BCUT2D eigenvalue weighted by atomic mass is 127. The number of esters is 1. The normalized spacial score (nSPS) is 10.1. The molecule has 0 unspecified atom stereocenters. The molecule has 0 radical (unpaired) electrons. The van der Waals surface area contributed by atoms with Crippen molar-refractivity contribution in [3.63, 3.8) is 0 Å². The first-order chi connectivity index (χ1) is 8.01. The van der Waals surface area contributed by atoms with E-state index in [0.717, 1.165) is 6.20 Å². The van der Waals surface area contributed by atoms with E-state index in [2.05, 4.69) is 9.72 Å². The van der Waals surface area contributed by atoms with Crippen LogP contribution in [0.25, 0.3) is 0 Å². The topological polar surface area (TPSA) is 63.0 Å². The molecule has 0 aromatic carbocycles. The van der Waals surface area contributed by atoms with Crippen LogP contribution in [0.1, 0.15) is 23.2 Å². The van der Waals surface area contributed by atoms with Crippen LogP contribution in [0.2, 0.25) is 0 Å². The van der Waals surface area contributed by atoms with Crippen molar-refractivity contribution in [2.75, 3.05) is 7.11 Å². The summed E-state index contributed by atoms with van der Waals surface area (Å²) in [6.07, 6.45) is -2.04. The number of rotatable bonds is 3. The number of hydrogen-bond acceptors (Lipinski definition) is 4. The van der Waals surface area contributed by atoms with E-state index in [4.69, 9.17) is 5.26 Å². The molecule has 0 N–H and O–H groups in total. The second-order valence-electron chi connectivity index (χ2n) is 3.02. The summed E-state index contributed by atoms with van der Waals surface area (Å²) in [5, 5.41) is 8.77. The number of carbonyl (C=O) groups is 1. The molecule has 1 heterocycles. The Kier molecular flexibility index (Phi) is 4.74. The fourth-order valence-electron chi connectivity index (χ4n) is 1.19. The van der Waals surface area contributed by atoms with E-state index < -0.39 is 18.1 Å². The van der Waals surface area contributed by atoms with Gasteiger partial charge in [-0.25, -0.2) is 8.78 Å². The summed E-state index contributed by atoms with van der Waals surface area (Å²) >= 11 is 1.75. The minimum Gasteiger partial charge on any atom is -0.469 e. The van der Waals surface area contributed by atoms with Crippen LogP contribution >= 0.6 is 22.6 Å². The summed E-state index contributed by atoms with van der Waals surface area (Å²) in [5.41, 5.74) is -0.279. The van der Waals surface area contributed by atoms with Crippen LogP contribution in [-0.2, 0) is 16.0 Å². The van der Waals surface area contributed by atoms with E-state index >= 15 is 0 Å². The molecule has 0 fully saturated rings. The van der Waals surface area contributed by atoms with Gasteiger partial charge >= 0.3 is 5.97 Å². The second-order valence-corrected chi connectivity index (χ2v) is 4.09. The average Bonchev–Trinajstić information content (AvgIpc) is 2.30. The van der Waals surface area contributed by atoms with Gasteiger partial charge in [-0.15, -0.1) is 0 Å². The summed E-state index contributed by atoms with van der Waals surface area (Å²) in [6.45, 7) is 0. The van der Waals surface area contributed by atoms with Gasteiger partial charge in [0.25, 0.3) is 6.43 Å². The maximum absolute atomic E-state index is 12.7. The molecule has 1 rings (SSSR count). The lowest BCUT2D eigenvalue weighted by Crippen LogP contribution is -2.11. The first-order valence-electron chi connectivity index (χ1n) is 4.43. The molecule has 1 aromatic rings. The molecule has 1 aromatic heterocycles. The van der Waals surface area contributed by atoms with Crippen molar-refractivity contribution >= 4 is 28.6 Å². The lowest BCUT2D eigenvalue weighted by atomic mass is 10.1. The fourth-order valence-corrected chi connectivity index (χ4v) is 1.92. The molecular weight excluding hydrogens is 345 g/mol. The minimum atomic E-state index is -2.80. The smallest absolute Gasteiger partial charge is 0.310 e. The number of ether oxygens (including phenoxy) is 1. The first kappa shape index (κ1) is 13.8. The van der Waals surface area contributed by atoms with Gasteiger partial charge in [-0.2, -0.15) is 5.26 Å². The number of nitriles is 1. The first-order valence-corrected chi connectivity index (χ1v) is 5.51. The van der Waals surface area contributed by atoms with Crippen molar-refractivity contribution in [3.8, 4) is 6.07 Å². The zero-order valence-corrected chi connectivity index (χ0v) is 10.9. The molecule has 0 aliphatic carbocycles. The number of carbonyl (C=O) groups excluding carboxylic acids is 1. The van der Waals surface area contributed by atoms with E-state index in [9.17, 15) is 13.6 Å². The van der Waals surface area contributed by atoms with E-state index in [1.54, 1.807) is 22.6 Å². The Morgan fingerprint density at radius 1 is 1.71 bits per heavy atom. The van der Waals surface area contributed by atoms with Gasteiger partial charge in [0.05, 0.1) is 19.1 Å². The molecule has 0 atom stereocenters. The van der Waals surface area contributed by atoms with Crippen LogP contribution in [0.4, 0.5) is 8.78 Å². The summed E-state index contributed by atoms with van der Waals surface area (Å²) in [6, 6.07) is 1.83. The Morgan fingerprint density at radius 2 is 2.35 bits per heavy atom. The molecule has 90 valence electrons. The zero-order valence-electron chi connectivity index (χ0n) is 8.71. The van der Waals surface area contributed by atoms with Gasteiger partial charge in [0.15, 0.2) is 0 Å². The van der Waals surface area contributed by atoms with Crippen molar-refractivity contribution in [2.45, 2.75) is 12.8 Å². The molecule has 0 saturated carbocycles. The maximum atomic E-state index is 12.7. The molecular formula is C10H7F2IN2O2. The molecule has 4 nitrogen and oxygen atoms in total. The lowest BCUT2D eigenvalue weighted by molar-refractivity contribution is -0.139. The number of halogens is 3. The molecule has 7 heteroatoms. The molecule has 0 spiro atoms. The molecule has 0 saturated heterocycles. The number of pyridine rings is 1. The van der Waals surface area contributed by atoms with Crippen molar-refractivity contribution in [1.29, 1.82) is 5.26 Å². The van der Waals surface area contributed by atoms with Crippen LogP contribution in [0.15, 0.2) is 6.20 Å². The van der Waals surface area contributed by atoms with E-state index in [1.807, 2.05) is 6.07 Å². The van der Waals surface area contributed by atoms with Gasteiger partial charge in [-0.1, -0.05) is 0 Å². The van der Waals surface area contributed by atoms with E-state index in [0.29, 0.717) is 3.57 Å². The third kappa shape index (κ3) is 3.09. The third-order valence-electron chi connectivity index (χ3n) is 2.02. The number of alkyl halides is 2. The molecule has 17 heavy (non-hydrogen) atoms. The average molecular weight is 352 g/mol. The Hall–Kier alpha value is -1.30. The van der Waals surface area contributed by atoms with Crippen LogP contribution < -0.4 is 0 Å². The maximum Gasteiger partial charge on any atom is 0.310 e. The summed E-state index contributed by atoms with van der Waals surface area (Å²) in [5.74, 6) is -0.651. The van der Waals surface area contributed by atoms with Crippen LogP contribution in [0.5, 0.6) is 0 Å². The Morgan fingerprint density at radius 3 is 2.82 bits per heavy atom. The highest BCUT2D eigenvalue weighted by Crippen LogP contribution is 2.27. The van der Waals surface area contributed by atoms with Crippen LogP contribution in [-0.4, -0.2) is 18.1 Å². The molecule has 0 aliphatic rings. The number of nitrogens with zero attached hydrogens (tertiary/aromatic N) is 2. The van der Waals surface area contributed by atoms with Gasteiger partial charge in [-0.05, 0) is 22.6 Å². The summed E-state index contributed by atoms with van der Waals surface area (Å²) in [7, 11) is 1.17. The van der Waals surface area contributed by atoms with E-state index in [-0.39, 0.29) is 17.5 Å². The van der Waals surface area contributed by atoms with Gasteiger partial charge < -0.3 is 4.74 Å². The van der Waals surface area contributed by atoms with Crippen LogP contribution in [0.3, 0.4) is 0 Å². The fraction of sp³-hybridized carbons (Fsp3) is 0.300. The largest absolute Gasteiger partial charge is 0.469 e. The van der Waals surface area contributed by atoms with E-state index in [1.165, 1.54) is 7.11 Å². The van der Waals surface area contributed by atoms with Crippen molar-refractivity contribution < 1.29 is 18.3 Å². The lowest BCUT2D eigenvalue weighted by Gasteiger charge is -2.10. The second kappa shape index (κ2) is 5.86. The number of hydrogen-bond donors (Lipinski definition) is 0. The van der Waals surface area contributed by atoms with Gasteiger partial charge in [-0.3, -0.25) is 9.78 Å². The SMILES string of the molecule is COC(=O)Cc1c(C(F)F)ncc(C#N)c1I. The number of aromatic nitrogens is 1. The predicted molar refractivity (Wildman–Crippen MR) is 62.3 cm³/mol. The molecule has 0 amide bonds. The summed E-state index contributed by atoms with van der Waals surface area (Å²) < 4.78 is 30.1. The quantitative estimate of drug-likeness (QED) is 0.618. The zero-order chi connectivity index (χ0) is 13.0. The van der Waals surface area contributed by atoms with Gasteiger partial charge in [0.1, 0.15) is 11.8 Å². The van der Waals surface area contributed by atoms with Crippen molar-refractivity contribution in [2.24, 2.45) is 0 Å². The van der Waals surface area contributed by atoms with Crippen molar-refractivity contribution in [3.05, 3.63) is 26.6 Å². The van der Waals surface area contributed by atoms with Gasteiger partial charge in [0.2, 0.25) is 0 Å². The van der Waals surface area contributed by atoms with Gasteiger partial charge in [0, 0.05) is 15.3 Å². The molecule has 0 bridgehead atoms. The van der Waals surface area contributed by atoms with Crippen molar-refractivity contribution in [1.82, 2.24) is 4.98 Å². The summed E-state index contributed by atoms with van der Waals surface area (Å²) in [4.78, 5) is 14.6. The Bertz CT molecular complexity index is 486. The molecule has 0 aliphatic heterocycles. The predicted octanol–water partition coefficient (Wildman–Crippen LogP) is 2.21. The van der Waals surface area contributed by atoms with Crippen LogP contribution in [0, 0.1) is 14.9 Å². The Balaban J connectivity index is 3.31. The Labute approximate surface area is 110 Å². The highest BCUT2D eigenvalue weighted by molar-refractivity contribution is 14.1.